The average molecular weight is 332 g/mol. The van der Waals surface area contributed by atoms with Crippen molar-refractivity contribution in [3.63, 3.8) is 0 Å². The number of benzene rings is 3. The first kappa shape index (κ1) is 16.1. The molecule has 4 rings (SSSR count). The number of rotatable bonds is 4. The van der Waals surface area contributed by atoms with Crippen LogP contribution in [0.2, 0.25) is 0 Å². The molecule has 0 saturated heterocycles. The summed E-state index contributed by atoms with van der Waals surface area (Å²) in [5.74, 6) is 0.891. The van der Waals surface area contributed by atoms with Crippen LogP contribution < -0.4 is 10.5 Å². The number of ether oxygens (including phenoxy) is 1. The predicted octanol–water partition coefficient (Wildman–Crippen LogP) is 4.43. The second-order valence-electron chi connectivity index (χ2n) is 6.73. The number of nitrogens with zero attached hydrogens (tertiary/aromatic N) is 1. The molecule has 0 saturated carbocycles. The molecule has 0 aliphatic carbocycles. The molecule has 3 aromatic carbocycles. The van der Waals surface area contributed by atoms with E-state index in [1.165, 1.54) is 27.5 Å². The summed E-state index contributed by atoms with van der Waals surface area (Å²) in [7, 11) is 1.70. The highest BCUT2D eigenvalue weighted by Crippen LogP contribution is 2.42. The molecule has 3 aromatic rings. The van der Waals surface area contributed by atoms with Crippen LogP contribution in [-0.4, -0.2) is 18.6 Å². The number of methoxy groups -OCH3 is 1. The number of hydrogen-bond acceptors (Lipinski definition) is 3. The first-order valence-electron chi connectivity index (χ1n) is 8.83. The van der Waals surface area contributed by atoms with Gasteiger partial charge in [0.2, 0.25) is 0 Å². The van der Waals surface area contributed by atoms with Crippen molar-refractivity contribution in [2.24, 2.45) is 5.73 Å². The highest BCUT2D eigenvalue weighted by atomic mass is 16.5. The minimum Gasteiger partial charge on any atom is -0.497 e. The van der Waals surface area contributed by atoms with Gasteiger partial charge in [0.05, 0.1) is 7.11 Å². The van der Waals surface area contributed by atoms with Gasteiger partial charge >= 0.3 is 0 Å². The second kappa shape index (κ2) is 6.51. The molecule has 0 fully saturated rings. The van der Waals surface area contributed by atoms with Gasteiger partial charge in [0.15, 0.2) is 0 Å². The third-order valence-corrected chi connectivity index (χ3v) is 5.50. The molecule has 0 aromatic heterocycles. The molecule has 128 valence electrons. The van der Waals surface area contributed by atoms with Crippen LogP contribution in [0.15, 0.2) is 60.7 Å². The number of hydrogen-bond donors (Lipinski definition) is 1. The fraction of sp³-hybridized carbons (Fsp3) is 0.273. The van der Waals surface area contributed by atoms with Crippen LogP contribution >= 0.6 is 0 Å². The number of nitrogens with two attached hydrogens (primary N) is 1. The molecule has 1 aliphatic rings. The van der Waals surface area contributed by atoms with E-state index in [1.807, 2.05) is 12.1 Å². The first-order valence-corrected chi connectivity index (χ1v) is 8.83. The molecule has 3 heteroatoms. The summed E-state index contributed by atoms with van der Waals surface area (Å²) in [5, 5.41) is 2.65. The van der Waals surface area contributed by atoms with Crippen molar-refractivity contribution >= 4 is 10.8 Å². The van der Waals surface area contributed by atoms with Crippen LogP contribution in [-0.2, 0) is 6.54 Å². The lowest BCUT2D eigenvalue weighted by atomic mass is 9.98. The quantitative estimate of drug-likeness (QED) is 0.768. The Morgan fingerprint density at radius 1 is 1.08 bits per heavy atom. The zero-order chi connectivity index (χ0) is 17.4. The summed E-state index contributed by atoms with van der Waals surface area (Å²) >= 11 is 0. The molecule has 0 radical (unpaired) electrons. The lowest BCUT2D eigenvalue weighted by Crippen LogP contribution is -2.30. The fourth-order valence-electron chi connectivity index (χ4n) is 4.06. The first-order chi connectivity index (χ1) is 12.2. The third kappa shape index (κ3) is 2.70. The van der Waals surface area contributed by atoms with Gasteiger partial charge in [-0.3, -0.25) is 4.90 Å². The Hall–Kier alpha value is -2.36. The van der Waals surface area contributed by atoms with E-state index in [1.54, 1.807) is 7.11 Å². The smallest absolute Gasteiger partial charge is 0.118 e. The van der Waals surface area contributed by atoms with E-state index in [0.29, 0.717) is 12.6 Å². The number of fused-ring (bicyclic) bond motifs is 3. The maximum absolute atomic E-state index is 6.18. The molecule has 0 amide bonds. The minimum absolute atomic E-state index is 0.261. The highest BCUT2D eigenvalue weighted by Gasteiger charge is 2.33. The van der Waals surface area contributed by atoms with Gasteiger partial charge < -0.3 is 10.5 Å². The van der Waals surface area contributed by atoms with Crippen molar-refractivity contribution < 1.29 is 4.74 Å². The summed E-state index contributed by atoms with van der Waals surface area (Å²) in [6.45, 7) is 3.83. The van der Waals surface area contributed by atoms with Gasteiger partial charge in [-0.15, -0.1) is 0 Å². The Bertz CT molecular complexity index is 888. The van der Waals surface area contributed by atoms with Crippen LogP contribution in [0, 0.1) is 0 Å². The van der Waals surface area contributed by atoms with Crippen LogP contribution in [0.25, 0.3) is 10.8 Å². The summed E-state index contributed by atoms with van der Waals surface area (Å²) in [5.41, 5.74) is 10.3. The van der Waals surface area contributed by atoms with Gasteiger partial charge in [-0.1, -0.05) is 48.5 Å². The molecule has 1 aliphatic heterocycles. The normalized spacial score (nSPS) is 18.3. The molecular formula is C22H24N2O. The van der Waals surface area contributed by atoms with E-state index in [2.05, 4.69) is 60.4 Å². The molecule has 2 N–H and O–H groups in total. The van der Waals surface area contributed by atoms with Gasteiger partial charge in [-0.25, -0.2) is 0 Å². The molecule has 1 heterocycles. The lowest BCUT2D eigenvalue weighted by molar-refractivity contribution is 0.161. The maximum atomic E-state index is 6.18. The van der Waals surface area contributed by atoms with E-state index in [-0.39, 0.29) is 6.04 Å². The van der Waals surface area contributed by atoms with Crippen LogP contribution in [0.5, 0.6) is 5.75 Å². The lowest BCUT2D eigenvalue weighted by Gasteiger charge is -2.30. The van der Waals surface area contributed by atoms with Gasteiger partial charge in [0.1, 0.15) is 5.75 Å². The van der Waals surface area contributed by atoms with Crippen LogP contribution in [0.3, 0.4) is 0 Å². The zero-order valence-corrected chi connectivity index (χ0v) is 14.8. The van der Waals surface area contributed by atoms with Crippen molar-refractivity contribution in [2.75, 3.05) is 13.7 Å². The Kier molecular flexibility index (Phi) is 4.20. The highest BCUT2D eigenvalue weighted by molar-refractivity contribution is 5.87. The third-order valence-electron chi connectivity index (χ3n) is 5.50. The summed E-state index contributed by atoms with van der Waals surface area (Å²) in [6.07, 6.45) is 0. The molecular weight excluding hydrogens is 308 g/mol. The van der Waals surface area contributed by atoms with Crippen molar-refractivity contribution in [3.8, 4) is 5.75 Å². The summed E-state index contributed by atoms with van der Waals surface area (Å²) < 4.78 is 5.28. The van der Waals surface area contributed by atoms with Crippen molar-refractivity contribution in [3.05, 3.63) is 77.4 Å². The molecule has 2 unspecified atom stereocenters. The SMILES string of the molecule is COc1ccc(C(C)N2Cc3c(ccc4ccccc34)C2CN)cc1. The predicted molar refractivity (Wildman–Crippen MR) is 103 cm³/mol. The maximum Gasteiger partial charge on any atom is 0.118 e. The molecule has 2 atom stereocenters. The van der Waals surface area contributed by atoms with E-state index in [4.69, 9.17) is 10.5 Å². The van der Waals surface area contributed by atoms with Gasteiger partial charge in [-0.05, 0) is 46.5 Å². The molecule has 0 bridgehead atoms. The second-order valence-corrected chi connectivity index (χ2v) is 6.73. The Morgan fingerprint density at radius 3 is 2.56 bits per heavy atom. The standard InChI is InChI=1S/C22H24N2O/c1-15(16-7-10-18(25-2)11-8-16)24-14-21-19-6-4-3-5-17(19)9-12-20(21)22(24)13-23/h3-12,15,22H,13-14,23H2,1-2H3. The van der Waals surface area contributed by atoms with Gasteiger partial charge in [0.25, 0.3) is 0 Å². The zero-order valence-electron chi connectivity index (χ0n) is 14.8. The molecule has 0 spiro atoms. The Balaban J connectivity index is 1.71. The average Bonchev–Trinajstić information content (AvgIpc) is 3.06. The summed E-state index contributed by atoms with van der Waals surface area (Å²) in [4.78, 5) is 2.51. The summed E-state index contributed by atoms with van der Waals surface area (Å²) in [6, 6.07) is 22.0. The van der Waals surface area contributed by atoms with E-state index < -0.39 is 0 Å². The molecule has 25 heavy (non-hydrogen) atoms. The van der Waals surface area contributed by atoms with E-state index in [9.17, 15) is 0 Å². The van der Waals surface area contributed by atoms with Crippen molar-refractivity contribution in [2.45, 2.75) is 25.6 Å². The van der Waals surface area contributed by atoms with Crippen molar-refractivity contribution in [1.82, 2.24) is 4.90 Å². The fourth-order valence-corrected chi connectivity index (χ4v) is 4.06. The van der Waals surface area contributed by atoms with Crippen LogP contribution in [0.1, 0.15) is 35.7 Å². The Morgan fingerprint density at radius 2 is 1.84 bits per heavy atom. The van der Waals surface area contributed by atoms with Gasteiger partial charge in [0, 0.05) is 25.2 Å². The minimum atomic E-state index is 0.261. The monoisotopic (exact) mass is 332 g/mol. The molecule has 3 nitrogen and oxygen atoms in total. The van der Waals surface area contributed by atoms with Gasteiger partial charge in [-0.2, -0.15) is 0 Å². The van der Waals surface area contributed by atoms with Crippen molar-refractivity contribution in [1.29, 1.82) is 0 Å². The van der Waals surface area contributed by atoms with E-state index in [0.717, 1.165) is 12.3 Å². The topological polar surface area (TPSA) is 38.5 Å². The van der Waals surface area contributed by atoms with Crippen LogP contribution in [0.4, 0.5) is 0 Å². The van der Waals surface area contributed by atoms with E-state index >= 15 is 0 Å². The largest absolute Gasteiger partial charge is 0.497 e. The Labute approximate surface area is 149 Å².